The van der Waals surface area contributed by atoms with Gasteiger partial charge in [-0.3, -0.25) is 5.10 Å². The van der Waals surface area contributed by atoms with Crippen molar-refractivity contribution in [2.45, 2.75) is 5.92 Å². The Hall–Kier alpha value is -2.90. The van der Waals surface area contributed by atoms with Crippen LogP contribution in [-0.4, -0.2) is 33.7 Å². The fraction of sp³-hybridized carbons (Fsp3) is 0.154. The lowest BCUT2D eigenvalue weighted by Gasteiger charge is -2.11. The summed E-state index contributed by atoms with van der Waals surface area (Å²) in [5, 5.41) is 16.4. The van der Waals surface area contributed by atoms with Crippen molar-refractivity contribution < 1.29 is 9.53 Å². The molecule has 124 valence electrons. The molecule has 1 aromatic heterocycles. The molecule has 0 aliphatic rings. The number of H-pyrrole nitrogens is 1. The summed E-state index contributed by atoms with van der Waals surface area (Å²) in [5.74, 6) is 3.89. The number of benzene rings is 1. The molecule has 0 bridgehead atoms. The average Bonchev–Trinajstić information content (AvgIpc) is 2.89. The molecule has 0 radical (unpaired) electrons. The summed E-state index contributed by atoms with van der Waals surface area (Å²) >= 11 is 10.7. The SMILES string of the molecule is COC(=O)/C(=N/Nc1nc(=S)[nH]n1N)[C@@H](C#N)c1ccc(Cl)cc1. The van der Waals surface area contributed by atoms with Gasteiger partial charge in [0.2, 0.25) is 4.77 Å². The van der Waals surface area contributed by atoms with Gasteiger partial charge in [-0.1, -0.05) is 23.7 Å². The molecular formula is C13H12ClN7O2S. The number of hydrogen-bond acceptors (Lipinski definition) is 8. The van der Waals surface area contributed by atoms with Crippen molar-refractivity contribution in [3.8, 4) is 6.07 Å². The van der Waals surface area contributed by atoms with E-state index in [0.29, 0.717) is 10.6 Å². The number of hydrazone groups is 1. The van der Waals surface area contributed by atoms with E-state index in [1.54, 1.807) is 24.3 Å². The zero-order chi connectivity index (χ0) is 17.7. The second-order valence-corrected chi connectivity index (χ2v) is 5.26. The maximum Gasteiger partial charge on any atom is 0.355 e. The van der Waals surface area contributed by atoms with Crippen molar-refractivity contribution >= 4 is 41.4 Å². The van der Waals surface area contributed by atoms with Gasteiger partial charge in [0.05, 0.1) is 13.2 Å². The van der Waals surface area contributed by atoms with Crippen molar-refractivity contribution in [1.29, 1.82) is 5.26 Å². The van der Waals surface area contributed by atoms with Gasteiger partial charge >= 0.3 is 5.97 Å². The molecule has 9 nitrogen and oxygen atoms in total. The quantitative estimate of drug-likeness (QED) is 0.240. The molecule has 0 spiro atoms. The third-order valence-corrected chi connectivity index (χ3v) is 3.36. The molecule has 2 aromatic rings. The Morgan fingerprint density at radius 1 is 1.58 bits per heavy atom. The summed E-state index contributed by atoms with van der Waals surface area (Å²) in [6, 6.07) is 8.46. The molecule has 1 atom stereocenters. The summed E-state index contributed by atoms with van der Waals surface area (Å²) in [6.07, 6.45) is 0. The van der Waals surface area contributed by atoms with E-state index in [2.05, 4.69) is 20.6 Å². The number of aromatic amines is 1. The number of ether oxygens (including phenoxy) is 1. The van der Waals surface area contributed by atoms with E-state index in [9.17, 15) is 10.1 Å². The number of nitrogens with two attached hydrogens (primary N) is 1. The number of nitriles is 1. The lowest BCUT2D eigenvalue weighted by atomic mass is 9.95. The number of nitrogen functional groups attached to an aromatic ring is 1. The van der Waals surface area contributed by atoms with Gasteiger partial charge in [0.15, 0.2) is 5.71 Å². The van der Waals surface area contributed by atoms with Crippen molar-refractivity contribution in [1.82, 2.24) is 14.9 Å². The standard InChI is InChI=1S/C13H12ClN7O2S/c1-23-11(22)10(18-19-12-17-13(24)20-21(12)16)9(6-15)7-2-4-8(14)5-3-7/h2-5,9H,16H2,1H3,(H2,17,19,20,24)/b18-10+/t9-/m0/s1. The van der Waals surface area contributed by atoms with Crippen LogP contribution in [0.25, 0.3) is 0 Å². The van der Waals surface area contributed by atoms with Crippen LogP contribution in [0.15, 0.2) is 29.4 Å². The van der Waals surface area contributed by atoms with Gasteiger partial charge in [0, 0.05) is 5.02 Å². The highest BCUT2D eigenvalue weighted by Crippen LogP contribution is 2.20. The number of anilines is 1. The molecule has 0 unspecified atom stereocenters. The van der Waals surface area contributed by atoms with Gasteiger partial charge in [-0.05, 0) is 29.9 Å². The third kappa shape index (κ3) is 3.89. The Balaban J connectivity index is 2.39. The Morgan fingerprint density at radius 3 is 2.75 bits per heavy atom. The number of rotatable bonds is 5. The van der Waals surface area contributed by atoms with Crippen LogP contribution in [0, 0.1) is 16.1 Å². The summed E-state index contributed by atoms with van der Waals surface area (Å²) in [4.78, 5) is 16.9. The third-order valence-electron chi connectivity index (χ3n) is 2.93. The summed E-state index contributed by atoms with van der Waals surface area (Å²) in [7, 11) is 1.19. The van der Waals surface area contributed by atoms with Crippen molar-refractivity contribution in [3.63, 3.8) is 0 Å². The molecule has 0 fully saturated rings. The van der Waals surface area contributed by atoms with E-state index >= 15 is 0 Å². The number of hydrogen-bond donors (Lipinski definition) is 3. The fourth-order valence-corrected chi connectivity index (χ4v) is 2.11. The zero-order valence-corrected chi connectivity index (χ0v) is 13.9. The van der Waals surface area contributed by atoms with Crippen LogP contribution in [0.3, 0.4) is 0 Å². The second kappa shape index (κ2) is 7.58. The first-order chi connectivity index (χ1) is 11.5. The second-order valence-electron chi connectivity index (χ2n) is 4.44. The number of esters is 1. The molecule has 24 heavy (non-hydrogen) atoms. The van der Waals surface area contributed by atoms with Gasteiger partial charge in [-0.15, -0.1) is 0 Å². The van der Waals surface area contributed by atoms with Crippen LogP contribution in [0.1, 0.15) is 11.5 Å². The summed E-state index contributed by atoms with van der Waals surface area (Å²) < 4.78 is 4.82. The minimum absolute atomic E-state index is 0.0641. The molecule has 11 heteroatoms. The zero-order valence-electron chi connectivity index (χ0n) is 12.4. The van der Waals surface area contributed by atoms with E-state index in [0.717, 1.165) is 4.79 Å². The van der Waals surface area contributed by atoms with Gasteiger partial charge in [-0.25, -0.2) is 10.2 Å². The number of carbonyl (C=O) groups is 1. The Labute approximate surface area is 146 Å². The Kier molecular flexibility index (Phi) is 5.51. The summed E-state index contributed by atoms with van der Waals surface area (Å²) in [6.45, 7) is 0. The maximum absolute atomic E-state index is 12.0. The lowest BCUT2D eigenvalue weighted by molar-refractivity contribution is -0.132. The molecule has 2 rings (SSSR count). The van der Waals surface area contributed by atoms with Crippen molar-refractivity contribution in [3.05, 3.63) is 39.6 Å². The number of halogens is 1. The minimum Gasteiger partial charge on any atom is -0.464 e. The first-order valence-corrected chi connectivity index (χ1v) is 7.26. The van der Waals surface area contributed by atoms with E-state index in [1.165, 1.54) is 7.11 Å². The molecule has 0 aliphatic carbocycles. The number of aromatic nitrogens is 3. The highest BCUT2D eigenvalue weighted by Gasteiger charge is 2.26. The molecule has 0 saturated carbocycles. The Bertz CT molecular complexity index is 866. The van der Waals surface area contributed by atoms with Crippen LogP contribution in [-0.2, 0) is 9.53 Å². The number of methoxy groups -OCH3 is 1. The number of nitrogens with one attached hydrogen (secondary N) is 2. The molecule has 1 heterocycles. The van der Waals surface area contributed by atoms with Crippen molar-refractivity contribution in [2.75, 3.05) is 18.4 Å². The Morgan fingerprint density at radius 2 is 2.25 bits per heavy atom. The maximum atomic E-state index is 12.0. The largest absolute Gasteiger partial charge is 0.464 e. The highest BCUT2D eigenvalue weighted by molar-refractivity contribution is 7.71. The first kappa shape index (κ1) is 17.5. The molecule has 0 aliphatic heterocycles. The van der Waals surface area contributed by atoms with Crippen molar-refractivity contribution in [2.24, 2.45) is 5.10 Å². The van der Waals surface area contributed by atoms with Gasteiger partial charge in [0.25, 0.3) is 5.95 Å². The van der Waals surface area contributed by atoms with Gasteiger partial charge in [-0.2, -0.15) is 20.1 Å². The smallest absolute Gasteiger partial charge is 0.355 e. The van der Waals surface area contributed by atoms with E-state index in [4.69, 9.17) is 34.4 Å². The highest BCUT2D eigenvalue weighted by atomic mass is 35.5. The minimum atomic E-state index is -0.977. The van der Waals surface area contributed by atoms with Crippen LogP contribution in [0.5, 0.6) is 0 Å². The van der Waals surface area contributed by atoms with Gasteiger partial charge in [0.1, 0.15) is 5.92 Å². The van der Waals surface area contributed by atoms with Crippen LogP contribution < -0.4 is 11.3 Å². The predicted octanol–water partition coefficient (Wildman–Crippen LogP) is 1.56. The molecule has 4 N–H and O–H groups in total. The van der Waals surface area contributed by atoms with Crippen LogP contribution in [0.2, 0.25) is 5.02 Å². The predicted molar refractivity (Wildman–Crippen MR) is 90.4 cm³/mol. The normalized spacial score (nSPS) is 12.3. The molecule has 1 aromatic carbocycles. The average molecular weight is 366 g/mol. The van der Waals surface area contributed by atoms with Crippen LogP contribution in [0.4, 0.5) is 5.95 Å². The molecule has 0 saturated heterocycles. The van der Waals surface area contributed by atoms with E-state index in [1.807, 2.05) is 6.07 Å². The first-order valence-electron chi connectivity index (χ1n) is 6.47. The monoisotopic (exact) mass is 365 g/mol. The number of nitrogens with zero attached hydrogens (tertiary/aromatic N) is 4. The topological polar surface area (TPSA) is 134 Å². The summed E-state index contributed by atoms with van der Waals surface area (Å²) in [5.41, 5.74) is 2.84. The lowest BCUT2D eigenvalue weighted by Crippen LogP contribution is -2.25. The fourth-order valence-electron chi connectivity index (χ4n) is 1.80. The molecule has 0 amide bonds. The van der Waals surface area contributed by atoms with E-state index < -0.39 is 11.9 Å². The molecular weight excluding hydrogens is 354 g/mol. The van der Waals surface area contributed by atoms with E-state index in [-0.39, 0.29) is 16.4 Å². The van der Waals surface area contributed by atoms with Gasteiger partial charge < -0.3 is 10.6 Å². The van der Waals surface area contributed by atoms with Crippen LogP contribution >= 0.6 is 23.8 Å². The number of carbonyl (C=O) groups excluding carboxylic acids is 1.